The molecule has 168 valence electrons. The van der Waals surface area contributed by atoms with E-state index in [4.69, 9.17) is 11.6 Å². The van der Waals surface area contributed by atoms with E-state index in [1.54, 1.807) is 31.2 Å². The highest BCUT2D eigenvalue weighted by Gasteiger charge is 2.27. The van der Waals surface area contributed by atoms with Crippen LogP contribution in [0.5, 0.6) is 0 Å². The van der Waals surface area contributed by atoms with Crippen LogP contribution in [0.3, 0.4) is 0 Å². The van der Waals surface area contributed by atoms with E-state index in [1.807, 2.05) is 0 Å². The minimum Gasteiger partial charge on any atom is -0.319 e. The third kappa shape index (κ3) is 4.15. The average Bonchev–Trinajstić information content (AvgIpc) is 2.81. The van der Waals surface area contributed by atoms with Crippen LogP contribution in [0.15, 0.2) is 52.2 Å². The van der Waals surface area contributed by atoms with Gasteiger partial charge in [-0.25, -0.2) is 13.1 Å². The number of hydrogen-bond acceptors (Lipinski definition) is 5. The molecule has 1 aromatic heterocycles. The number of halogens is 1. The molecule has 0 spiro atoms. The molecule has 0 saturated carbocycles. The summed E-state index contributed by atoms with van der Waals surface area (Å²) in [7, 11) is -3.69. The molecule has 1 aliphatic heterocycles. The number of piperidine rings is 1. The van der Waals surface area contributed by atoms with Gasteiger partial charge < -0.3 is 5.32 Å². The van der Waals surface area contributed by atoms with E-state index < -0.39 is 15.9 Å². The van der Waals surface area contributed by atoms with E-state index in [2.05, 4.69) is 10.4 Å². The zero-order valence-corrected chi connectivity index (χ0v) is 19.1. The predicted octanol–water partition coefficient (Wildman–Crippen LogP) is 3.50. The predicted molar refractivity (Wildman–Crippen MR) is 124 cm³/mol. The van der Waals surface area contributed by atoms with Crippen LogP contribution >= 0.6 is 11.6 Å². The fraction of sp³-hybridized carbons (Fsp3) is 0.318. The van der Waals surface area contributed by atoms with Crippen molar-refractivity contribution in [3.05, 3.63) is 63.5 Å². The van der Waals surface area contributed by atoms with Crippen LogP contribution in [0.4, 0.5) is 5.69 Å². The van der Waals surface area contributed by atoms with Gasteiger partial charge in [-0.2, -0.15) is 9.40 Å². The number of fused-ring (bicyclic) bond motifs is 1. The Hall–Kier alpha value is -2.75. The third-order valence-corrected chi connectivity index (χ3v) is 7.75. The van der Waals surface area contributed by atoms with Gasteiger partial charge >= 0.3 is 0 Å². The van der Waals surface area contributed by atoms with E-state index in [-0.39, 0.29) is 26.9 Å². The number of amides is 1. The molecule has 10 heteroatoms. The van der Waals surface area contributed by atoms with Crippen LogP contribution in [0.25, 0.3) is 10.8 Å². The fourth-order valence-electron chi connectivity index (χ4n) is 3.81. The number of nitrogens with zero attached hydrogens (tertiary/aromatic N) is 3. The number of sulfonamides is 1. The van der Waals surface area contributed by atoms with Crippen molar-refractivity contribution in [3.63, 3.8) is 0 Å². The quantitative estimate of drug-likeness (QED) is 0.609. The van der Waals surface area contributed by atoms with Crippen LogP contribution in [-0.4, -0.2) is 41.5 Å². The molecule has 1 saturated heterocycles. The Morgan fingerprint density at radius 2 is 1.78 bits per heavy atom. The van der Waals surface area contributed by atoms with Gasteiger partial charge in [0.25, 0.3) is 11.5 Å². The number of anilines is 1. The number of hydrogen-bond donors (Lipinski definition) is 1. The first kappa shape index (κ1) is 22.4. The second-order valence-corrected chi connectivity index (χ2v) is 9.92. The minimum absolute atomic E-state index is 0.0578. The van der Waals surface area contributed by atoms with Crippen LogP contribution in [-0.2, 0) is 16.6 Å². The van der Waals surface area contributed by atoms with Crippen molar-refractivity contribution >= 4 is 44.0 Å². The number of rotatable bonds is 5. The van der Waals surface area contributed by atoms with Crippen LogP contribution in [0, 0.1) is 0 Å². The van der Waals surface area contributed by atoms with Crippen molar-refractivity contribution < 1.29 is 13.2 Å². The van der Waals surface area contributed by atoms with Crippen molar-refractivity contribution in [2.75, 3.05) is 18.4 Å². The van der Waals surface area contributed by atoms with Crippen molar-refractivity contribution in [3.8, 4) is 0 Å². The summed E-state index contributed by atoms with van der Waals surface area (Å²) in [6, 6.07) is 11.0. The van der Waals surface area contributed by atoms with Crippen molar-refractivity contribution in [1.29, 1.82) is 0 Å². The molecule has 2 aromatic carbocycles. The van der Waals surface area contributed by atoms with E-state index in [0.29, 0.717) is 30.4 Å². The molecule has 1 aliphatic rings. The molecule has 4 rings (SSSR count). The van der Waals surface area contributed by atoms with Crippen LogP contribution in [0.1, 0.15) is 36.7 Å². The Morgan fingerprint density at radius 1 is 1.09 bits per heavy atom. The molecule has 0 bridgehead atoms. The maximum Gasteiger partial charge on any atom is 0.276 e. The van der Waals surface area contributed by atoms with Crippen LogP contribution < -0.4 is 10.9 Å². The maximum atomic E-state index is 13.1. The molecule has 0 unspecified atom stereocenters. The summed E-state index contributed by atoms with van der Waals surface area (Å²) < 4.78 is 28.7. The van der Waals surface area contributed by atoms with E-state index in [1.165, 1.54) is 27.2 Å². The highest BCUT2D eigenvalue weighted by atomic mass is 35.5. The molecule has 3 aromatic rings. The number of aryl methyl sites for hydroxylation is 1. The van der Waals surface area contributed by atoms with E-state index in [9.17, 15) is 18.0 Å². The Labute approximate surface area is 190 Å². The molecule has 8 nitrogen and oxygen atoms in total. The lowest BCUT2D eigenvalue weighted by Crippen LogP contribution is -2.35. The average molecular weight is 475 g/mol. The zero-order valence-electron chi connectivity index (χ0n) is 17.5. The molecule has 32 heavy (non-hydrogen) atoms. The lowest BCUT2D eigenvalue weighted by molar-refractivity contribution is 0.102. The first-order valence-corrected chi connectivity index (χ1v) is 12.3. The Kier molecular flexibility index (Phi) is 6.32. The van der Waals surface area contributed by atoms with Crippen molar-refractivity contribution in [1.82, 2.24) is 14.1 Å². The summed E-state index contributed by atoms with van der Waals surface area (Å²) in [4.78, 5) is 25.7. The van der Waals surface area contributed by atoms with Gasteiger partial charge in [-0.15, -0.1) is 0 Å². The molecule has 1 N–H and O–H groups in total. The first-order chi connectivity index (χ1) is 15.3. The molecule has 1 amide bonds. The third-order valence-electron chi connectivity index (χ3n) is 5.52. The molecule has 0 aliphatic carbocycles. The highest BCUT2D eigenvalue weighted by molar-refractivity contribution is 7.89. The summed E-state index contributed by atoms with van der Waals surface area (Å²) in [6.45, 7) is 3.01. The van der Waals surface area contributed by atoms with Crippen molar-refractivity contribution in [2.24, 2.45) is 0 Å². The topological polar surface area (TPSA) is 101 Å². The van der Waals surface area contributed by atoms with Gasteiger partial charge in [0.2, 0.25) is 10.0 Å². The standard InChI is InChI=1S/C22H23ClN4O4S/c1-2-27-22(29)17-9-5-4-8-16(17)20(25-27)21(28)24-19-14-15(10-11-18(19)23)32(30,31)26-12-6-3-7-13-26/h4-5,8-11,14H,2-3,6-7,12-13H2,1H3,(H,24,28). The smallest absolute Gasteiger partial charge is 0.276 e. The van der Waals surface area contributed by atoms with Gasteiger partial charge in [0, 0.05) is 25.0 Å². The zero-order chi connectivity index (χ0) is 22.9. The molecule has 2 heterocycles. The van der Waals surface area contributed by atoms with Gasteiger partial charge in [0.1, 0.15) is 0 Å². The summed E-state index contributed by atoms with van der Waals surface area (Å²) in [5, 5.41) is 7.87. The van der Waals surface area contributed by atoms with Gasteiger partial charge in [-0.1, -0.05) is 36.2 Å². The molecular weight excluding hydrogens is 452 g/mol. The van der Waals surface area contributed by atoms with E-state index in [0.717, 1.165) is 19.3 Å². The second kappa shape index (κ2) is 9.01. The molecule has 1 fully saturated rings. The Balaban J connectivity index is 1.71. The molecular formula is C22H23ClN4O4S. The number of aromatic nitrogens is 2. The SMILES string of the molecule is CCn1nc(C(=O)Nc2cc(S(=O)(=O)N3CCCCC3)ccc2Cl)c2ccccc2c1=O. The van der Waals surface area contributed by atoms with Crippen molar-refractivity contribution in [2.45, 2.75) is 37.6 Å². The maximum absolute atomic E-state index is 13.1. The largest absolute Gasteiger partial charge is 0.319 e. The van der Waals surface area contributed by atoms with Gasteiger partial charge in [0.15, 0.2) is 5.69 Å². The van der Waals surface area contributed by atoms with Gasteiger partial charge in [0.05, 0.1) is 21.0 Å². The minimum atomic E-state index is -3.69. The lowest BCUT2D eigenvalue weighted by atomic mass is 10.1. The van der Waals surface area contributed by atoms with Gasteiger partial charge in [-0.3, -0.25) is 9.59 Å². The number of nitrogens with one attached hydrogen (secondary N) is 1. The fourth-order valence-corrected chi connectivity index (χ4v) is 5.52. The van der Waals surface area contributed by atoms with Crippen LogP contribution in [0.2, 0.25) is 5.02 Å². The number of benzene rings is 2. The monoisotopic (exact) mass is 474 g/mol. The first-order valence-electron chi connectivity index (χ1n) is 10.4. The second-order valence-electron chi connectivity index (χ2n) is 7.58. The molecule has 0 atom stereocenters. The normalized spacial score (nSPS) is 15.1. The molecule has 0 radical (unpaired) electrons. The summed E-state index contributed by atoms with van der Waals surface area (Å²) in [5.74, 6) is -0.585. The Morgan fingerprint density at radius 3 is 2.47 bits per heavy atom. The van der Waals surface area contributed by atoms with Gasteiger partial charge in [-0.05, 0) is 44.0 Å². The summed E-state index contributed by atoms with van der Waals surface area (Å²) >= 11 is 6.27. The highest BCUT2D eigenvalue weighted by Crippen LogP contribution is 2.29. The summed E-state index contributed by atoms with van der Waals surface area (Å²) in [5.41, 5.74) is -0.0652. The van der Waals surface area contributed by atoms with E-state index >= 15 is 0 Å². The summed E-state index contributed by atoms with van der Waals surface area (Å²) in [6.07, 6.45) is 2.65. The lowest BCUT2D eigenvalue weighted by Gasteiger charge is -2.26. The number of carbonyl (C=O) groups excluding carboxylic acids is 1. The number of carbonyl (C=O) groups is 1. The Bertz CT molecular complexity index is 1350.